The molecule has 0 spiro atoms. The van der Waals surface area contributed by atoms with E-state index < -0.39 is 6.67 Å². The summed E-state index contributed by atoms with van der Waals surface area (Å²) in [5.41, 5.74) is 11.0. The van der Waals surface area contributed by atoms with Gasteiger partial charge >= 0.3 is 0 Å². The Labute approximate surface area is 547 Å². The van der Waals surface area contributed by atoms with Crippen molar-refractivity contribution in [3.8, 4) is 0 Å². The van der Waals surface area contributed by atoms with Gasteiger partial charge in [0.05, 0.1) is 6.04 Å². The summed E-state index contributed by atoms with van der Waals surface area (Å²) in [6, 6.07) is 17.7. The van der Waals surface area contributed by atoms with Crippen LogP contribution in [0.25, 0.3) is 6.08 Å². The topological polar surface area (TPSA) is 189 Å². The molecule has 4 aliphatic heterocycles. The van der Waals surface area contributed by atoms with Crippen molar-refractivity contribution in [2.45, 2.75) is 216 Å². The highest BCUT2D eigenvalue weighted by molar-refractivity contribution is 5.96. The van der Waals surface area contributed by atoms with Gasteiger partial charge in [0.2, 0.25) is 17.7 Å². The van der Waals surface area contributed by atoms with Crippen molar-refractivity contribution in [1.29, 1.82) is 0 Å². The van der Waals surface area contributed by atoms with E-state index in [1.807, 2.05) is 31.9 Å². The fraction of sp³-hybridized carbons (Fsp3) is 0.613. The van der Waals surface area contributed by atoms with Gasteiger partial charge < -0.3 is 23.7 Å². The van der Waals surface area contributed by atoms with E-state index in [1.165, 1.54) is 136 Å². The van der Waals surface area contributed by atoms with E-state index in [4.69, 9.17) is 9.05 Å². The van der Waals surface area contributed by atoms with E-state index in [1.54, 1.807) is 35.2 Å². The minimum Gasteiger partial charge on any atom is -0.352 e. The van der Waals surface area contributed by atoms with Crippen molar-refractivity contribution in [3.05, 3.63) is 129 Å². The van der Waals surface area contributed by atoms with Crippen LogP contribution in [0, 0.1) is 62.2 Å². The first-order chi connectivity index (χ1) is 44.4. The van der Waals surface area contributed by atoms with Crippen LogP contribution in [0.3, 0.4) is 0 Å². The van der Waals surface area contributed by atoms with Gasteiger partial charge in [-0.15, -0.1) is 10.2 Å². The normalized spacial score (nSPS) is 20.2. The van der Waals surface area contributed by atoms with Crippen molar-refractivity contribution in [2.24, 2.45) is 51.4 Å². The van der Waals surface area contributed by atoms with Gasteiger partial charge in [0.15, 0.2) is 23.2 Å². The molecule has 7 heterocycles. The maximum Gasteiger partial charge on any atom is 0.254 e. The number of ketones is 1. The van der Waals surface area contributed by atoms with Crippen molar-refractivity contribution in [1.82, 2.24) is 40.3 Å². The van der Waals surface area contributed by atoms with Gasteiger partial charge in [-0.3, -0.25) is 24.4 Å². The molecule has 0 N–H and O–H groups in total. The summed E-state index contributed by atoms with van der Waals surface area (Å²) in [5.74, 6) is 9.70. The third-order valence-electron chi connectivity index (χ3n) is 18.6. The second-order valence-electron chi connectivity index (χ2n) is 28.2. The van der Waals surface area contributed by atoms with Crippen LogP contribution < -0.4 is 4.90 Å². The number of carbonyl (C=O) groups excluding carboxylic acids is 3. The first-order valence-electron chi connectivity index (χ1n) is 34.8. The average molecular weight is 1260 g/mol. The first kappa shape index (κ1) is 69.3. The molecule has 15 rings (SSSR count). The number of hydrogen-bond acceptors (Lipinski definition) is 14. The number of rotatable bonds is 18. The molecule has 0 bridgehead atoms. The van der Waals surface area contributed by atoms with Gasteiger partial charge in [-0.05, 0) is 195 Å². The maximum absolute atomic E-state index is 13.2. The van der Waals surface area contributed by atoms with Gasteiger partial charge in [-0.25, -0.2) is 4.39 Å². The van der Waals surface area contributed by atoms with Gasteiger partial charge in [0, 0.05) is 101 Å². The summed E-state index contributed by atoms with van der Waals surface area (Å²) >= 11 is 0. The lowest BCUT2D eigenvalue weighted by Gasteiger charge is -2.35. The number of carbonyl (C=O) groups is 3. The van der Waals surface area contributed by atoms with Crippen molar-refractivity contribution in [2.75, 3.05) is 44.7 Å². The molecule has 5 saturated carbocycles. The number of allylic oxidation sites excluding steroid dienone is 3. The van der Waals surface area contributed by atoms with Crippen LogP contribution in [0.2, 0.25) is 0 Å². The summed E-state index contributed by atoms with van der Waals surface area (Å²) in [4.78, 5) is 59.3. The van der Waals surface area contributed by atoms with Crippen LogP contribution in [-0.4, -0.2) is 115 Å². The number of aromatic nitrogens is 6. The molecule has 2 atom stereocenters. The summed E-state index contributed by atoms with van der Waals surface area (Å²) in [5, 5.41) is 15.9. The molecule has 0 radical (unpaired) electrons. The lowest BCUT2D eigenvalue weighted by Crippen LogP contribution is -2.49. The SMILES string of the molecule is CC1=Cc2cc(C)ccc2C1.CC1=NC(CC(C)C)CC1.CC1=NC(CC2CC2)=CC1.CN1CCC(CC2CC2)C1=O.Cc1nc(CC2CC2)no1.Cc1noc(CC2CC2)n1.O=C(CCCC1CC1)c1ccc(N2CCN(C(=O)c3ccccc3CF)CC2)nn1. The van der Waals surface area contributed by atoms with Crippen LogP contribution >= 0.6 is 0 Å². The number of piperazine rings is 1. The van der Waals surface area contributed by atoms with Crippen molar-refractivity contribution in [3.63, 3.8) is 0 Å². The zero-order chi connectivity index (χ0) is 65.1. The number of Topliss-reactive ketones (excluding diaryl/α,β-unsaturated/α-hetero) is 1. The van der Waals surface area contributed by atoms with Crippen LogP contribution in [-0.2, 0) is 30.7 Å². The molecule has 6 aliphatic carbocycles. The van der Waals surface area contributed by atoms with Gasteiger partial charge in [-0.2, -0.15) is 9.97 Å². The molecule has 7 fully saturated rings. The van der Waals surface area contributed by atoms with E-state index in [0.29, 0.717) is 79.0 Å². The third-order valence-corrected chi connectivity index (χ3v) is 18.6. The number of halogens is 1. The predicted molar refractivity (Wildman–Crippen MR) is 364 cm³/mol. The molecule has 2 saturated heterocycles. The van der Waals surface area contributed by atoms with Gasteiger partial charge in [0.25, 0.3) is 5.91 Å². The Morgan fingerprint density at radius 2 is 1.42 bits per heavy atom. The minimum absolute atomic E-state index is 0.0524. The number of likely N-dealkylation sites (tertiary alicyclic amines) is 1. The number of aryl methyl sites for hydroxylation is 3. The second-order valence-corrected chi connectivity index (χ2v) is 28.2. The lowest BCUT2D eigenvalue weighted by atomic mass is 10.0. The number of nitrogens with zero attached hydrogens (tertiary/aromatic N) is 11. The number of alkyl halides is 1. The smallest absolute Gasteiger partial charge is 0.254 e. The standard InChI is InChI=1S/C23H27FN4O2.C11H12.C9H15NO.C9H13N.C9H17N.2C7H10N2O/c24-16-18-5-1-2-6-19(18)23(30)28-14-12-27(13-15-28)22-11-10-20(25-26-22)21(29)7-3-4-17-8-9-17;1-8-3-4-10-6-9(2)7-11(10)5-8;1-10-5-4-8(9(10)11)6-7-2-3-7;1-7-2-5-9(10-7)6-8-3-4-8;1-7(2)6-9-5-4-8(3)10-9;1-5-8-7(9-10-5)4-6-2-3-6;1-5-8-7(10-9-5)4-6-2-3-6/h1-2,5-6,10-11,17H,3-4,7-9,12-16H2;3-5,7H,6H2,1-2H3;7-8H,2-6H2,1H3;5,8H,2-4,6H2,1H3;7,9H,4-6H2,1-3H3;2*6H,2-4H2,1H3. The largest absolute Gasteiger partial charge is 0.352 e. The number of hydrogen-bond donors (Lipinski definition) is 0. The van der Waals surface area contributed by atoms with E-state index in [-0.39, 0.29) is 11.7 Å². The van der Waals surface area contributed by atoms with Crippen LogP contribution in [0.5, 0.6) is 0 Å². The van der Waals surface area contributed by atoms with Gasteiger partial charge in [0.1, 0.15) is 12.4 Å². The molecular weight excluding hydrogens is 1150 g/mol. The maximum atomic E-state index is 13.2. The predicted octanol–water partition coefficient (Wildman–Crippen LogP) is 15.7. The average Bonchev–Trinajstić information content (AvgIpc) is 1.29. The first-order valence-corrected chi connectivity index (χ1v) is 34.8. The van der Waals surface area contributed by atoms with Crippen molar-refractivity contribution < 1.29 is 27.8 Å². The molecule has 2 aromatic carbocycles. The minimum atomic E-state index is -0.650. The summed E-state index contributed by atoms with van der Waals surface area (Å²) in [6.45, 7) is 19.4. The Balaban J connectivity index is 0.000000135. The Morgan fingerprint density at radius 1 is 0.717 bits per heavy atom. The lowest BCUT2D eigenvalue weighted by molar-refractivity contribution is -0.130. The number of benzene rings is 2. The van der Waals surface area contributed by atoms with Crippen LogP contribution in [0.15, 0.2) is 91.0 Å². The molecule has 3 aromatic heterocycles. The zero-order valence-electron chi connectivity index (χ0n) is 56.8. The molecule has 5 aromatic rings. The quantitative estimate of drug-likeness (QED) is 0.0756. The second kappa shape index (κ2) is 34.2. The fourth-order valence-electron chi connectivity index (χ4n) is 12.3. The number of amides is 2. The zero-order valence-corrected chi connectivity index (χ0v) is 56.8. The van der Waals surface area contributed by atoms with E-state index in [2.05, 4.69) is 117 Å². The monoisotopic (exact) mass is 1260 g/mol. The Hall–Kier alpha value is -7.04. The highest BCUT2D eigenvalue weighted by Crippen LogP contribution is 2.39. The highest BCUT2D eigenvalue weighted by atomic mass is 19.1. The molecular formula is C75H104FN11O5. The Bertz CT molecular complexity index is 3270. The number of anilines is 1. The van der Waals surface area contributed by atoms with E-state index in [0.717, 1.165) is 105 Å². The molecule has 2 amide bonds. The fourth-order valence-corrected chi connectivity index (χ4v) is 12.3. The van der Waals surface area contributed by atoms with Gasteiger partial charge in [-0.1, -0.05) is 116 Å². The summed E-state index contributed by atoms with van der Waals surface area (Å²) in [6.07, 6.45) is 32.3. The molecule has 16 nitrogen and oxygen atoms in total. The van der Waals surface area contributed by atoms with E-state index in [9.17, 15) is 18.8 Å². The summed E-state index contributed by atoms with van der Waals surface area (Å²) in [7, 11) is 1.91. The Kier molecular flexibility index (Phi) is 25.8. The molecule has 17 heteroatoms. The van der Waals surface area contributed by atoms with Crippen molar-refractivity contribution >= 4 is 40.9 Å². The van der Waals surface area contributed by atoms with Crippen LogP contribution in [0.1, 0.15) is 230 Å². The highest BCUT2D eigenvalue weighted by Gasteiger charge is 2.35. The molecule has 92 heavy (non-hydrogen) atoms. The number of aliphatic imine (C=N–C) groups is 2. The van der Waals surface area contributed by atoms with E-state index >= 15 is 0 Å². The number of fused-ring (bicyclic) bond motifs is 1. The summed E-state index contributed by atoms with van der Waals surface area (Å²) < 4.78 is 23.0. The molecule has 496 valence electrons. The Morgan fingerprint density at radius 3 is 2.00 bits per heavy atom. The molecule has 2 unspecified atom stereocenters. The third kappa shape index (κ3) is 23.8. The van der Waals surface area contributed by atoms with Crippen LogP contribution in [0.4, 0.5) is 10.2 Å². The molecule has 10 aliphatic rings.